The molecule has 21 heavy (non-hydrogen) atoms. The molecule has 1 aromatic carbocycles. The summed E-state index contributed by atoms with van der Waals surface area (Å²) < 4.78 is 36.9. The Balaban J connectivity index is 1.90. The zero-order valence-corrected chi connectivity index (χ0v) is 12.4. The molecule has 1 unspecified atom stereocenters. The van der Waals surface area contributed by atoms with Crippen LogP contribution in [0.5, 0.6) is 0 Å². The second-order valence-corrected chi connectivity index (χ2v) is 7.27. The van der Waals surface area contributed by atoms with Crippen molar-refractivity contribution in [2.75, 3.05) is 18.8 Å². The highest BCUT2D eigenvalue weighted by atomic mass is 32.2. The van der Waals surface area contributed by atoms with Crippen molar-refractivity contribution in [3.8, 4) is 0 Å². The van der Waals surface area contributed by atoms with Gasteiger partial charge >= 0.3 is 5.97 Å². The molecule has 0 bridgehead atoms. The van der Waals surface area contributed by atoms with Gasteiger partial charge in [0.05, 0.1) is 10.6 Å². The van der Waals surface area contributed by atoms with E-state index in [0.717, 1.165) is 18.6 Å². The lowest BCUT2D eigenvalue weighted by molar-refractivity contribution is -0.142. The van der Waals surface area contributed by atoms with E-state index in [2.05, 4.69) is 0 Å². The Morgan fingerprint density at radius 1 is 1.33 bits per heavy atom. The SMILES string of the molecule is O=C(O)C1CCCN1CCCS(=O)(=O)c1ccc(F)cc1. The highest BCUT2D eigenvalue weighted by Gasteiger charge is 2.30. The van der Waals surface area contributed by atoms with Gasteiger partial charge in [-0.15, -0.1) is 0 Å². The molecule has 1 fully saturated rings. The zero-order chi connectivity index (χ0) is 15.5. The van der Waals surface area contributed by atoms with E-state index >= 15 is 0 Å². The summed E-state index contributed by atoms with van der Waals surface area (Å²) in [6.07, 6.45) is 1.80. The van der Waals surface area contributed by atoms with Gasteiger partial charge in [-0.3, -0.25) is 9.69 Å². The summed E-state index contributed by atoms with van der Waals surface area (Å²) in [5.41, 5.74) is 0. The summed E-state index contributed by atoms with van der Waals surface area (Å²) in [5.74, 6) is -1.40. The molecule has 1 heterocycles. The number of carboxylic acids is 1. The molecule has 1 saturated heterocycles. The van der Waals surface area contributed by atoms with Crippen LogP contribution in [0.1, 0.15) is 19.3 Å². The number of likely N-dealkylation sites (tertiary alicyclic amines) is 1. The standard InChI is InChI=1S/C14H18FNO4S/c15-11-4-6-12(7-5-11)21(19,20)10-2-9-16-8-1-3-13(16)14(17)18/h4-7,13H,1-3,8-10H2,(H,17,18). The Labute approximate surface area is 123 Å². The molecule has 1 aliphatic heterocycles. The molecule has 0 radical (unpaired) electrons. The van der Waals surface area contributed by atoms with Gasteiger partial charge in [0, 0.05) is 0 Å². The van der Waals surface area contributed by atoms with Crippen molar-refractivity contribution in [3.63, 3.8) is 0 Å². The normalized spacial score (nSPS) is 19.8. The smallest absolute Gasteiger partial charge is 0.320 e. The van der Waals surface area contributed by atoms with Crippen LogP contribution in [0.15, 0.2) is 29.2 Å². The van der Waals surface area contributed by atoms with Crippen LogP contribution in [-0.2, 0) is 14.6 Å². The Morgan fingerprint density at radius 2 is 2.00 bits per heavy atom. The van der Waals surface area contributed by atoms with Gasteiger partial charge in [-0.1, -0.05) is 0 Å². The van der Waals surface area contributed by atoms with Crippen molar-refractivity contribution in [2.45, 2.75) is 30.2 Å². The first kappa shape index (κ1) is 15.9. The van der Waals surface area contributed by atoms with E-state index in [1.54, 1.807) is 0 Å². The molecule has 0 amide bonds. The van der Waals surface area contributed by atoms with E-state index < -0.39 is 27.7 Å². The second kappa shape index (κ2) is 6.53. The first-order valence-corrected chi connectivity index (χ1v) is 8.50. The highest BCUT2D eigenvalue weighted by molar-refractivity contribution is 7.91. The molecule has 2 rings (SSSR count). The van der Waals surface area contributed by atoms with Gasteiger partial charge in [0.25, 0.3) is 0 Å². The van der Waals surface area contributed by atoms with Crippen molar-refractivity contribution in [1.82, 2.24) is 4.90 Å². The van der Waals surface area contributed by atoms with E-state index in [9.17, 15) is 17.6 Å². The van der Waals surface area contributed by atoms with Crippen LogP contribution in [0.4, 0.5) is 4.39 Å². The number of carbonyl (C=O) groups is 1. The summed E-state index contributed by atoms with van der Waals surface area (Å²) in [4.78, 5) is 12.9. The number of hydrogen-bond donors (Lipinski definition) is 1. The van der Waals surface area contributed by atoms with E-state index in [1.165, 1.54) is 12.1 Å². The highest BCUT2D eigenvalue weighted by Crippen LogP contribution is 2.18. The topological polar surface area (TPSA) is 74.7 Å². The fourth-order valence-corrected chi connectivity index (χ4v) is 3.89. The van der Waals surface area contributed by atoms with Gasteiger partial charge in [0.1, 0.15) is 11.9 Å². The van der Waals surface area contributed by atoms with Gasteiger partial charge < -0.3 is 5.11 Å². The van der Waals surface area contributed by atoms with Crippen LogP contribution in [0.25, 0.3) is 0 Å². The fourth-order valence-electron chi connectivity index (χ4n) is 2.59. The number of nitrogens with zero attached hydrogens (tertiary/aromatic N) is 1. The summed E-state index contributed by atoms with van der Waals surface area (Å²) in [5, 5.41) is 9.05. The quantitative estimate of drug-likeness (QED) is 0.806. The third-order valence-corrected chi connectivity index (χ3v) is 5.50. The van der Waals surface area contributed by atoms with E-state index in [4.69, 9.17) is 5.11 Å². The number of carboxylic acid groups (broad SMARTS) is 1. The van der Waals surface area contributed by atoms with E-state index in [-0.39, 0.29) is 10.6 Å². The molecule has 0 aromatic heterocycles. The third-order valence-electron chi connectivity index (χ3n) is 3.68. The Morgan fingerprint density at radius 3 is 2.62 bits per heavy atom. The molecular formula is C14H18FNO4S. The molecule has 0 saturated carbocycles. The summed E-state index contributed by atoms with van der Waals surface area (Å²) in [6.45, 7) is 1.13. The summed E-state index contributed by atoms with van der Waals surface area (Å²) in [6, 6.07) is 4.24. The van der Waals surface area contributed by atoms with E-state index in [0.29, 0.717) is 25.9 Å². The molecule has 5 nitrogen and oxygen atoms in total. The molecule has 1 N–H and O–H groups in total. The molecule has 1 atom stereocenters. The van der Waals surface area contributed by atoms with Crippen molar-refractivity contribution >= 4 is 15.8 Å². The molecule has 7 heteroatoms. The van der Waals surface area contributed by atoms with Crippen molar-refractivity contribution < 1.29 is 22.7 Å². The van der Waals surface area contributed by atoms with Crippen LogP contribution >= 0.6 is 0 Å². The van der Waals surface area contributed by atoms with Gasteiger partial charge in [0.2, 0.25) is 0 Å². The zero-order valence-electron chi connectivity index (χ0n) is 11.5. The van der Waals surface area contributed by atoms with Crippen molar-refractivity contribution in [2.24, 2.45) is 0 Å². The number of hydrogen-bond acceptors (Lipinski definition) is 4. The van der Waals surface area contributed by atoms with Gasteiger partial charge in [-0.05, 0) is 56.6 Å². The number of sulfone groups is 1. The Hall–Kier alpha value is -1.47. The minimum Gasteiger partial charge on any atom is -0.480 e. The van der Waals surface area contributed by atoms with Crippen LogP contribution in [0.2, 0.25) is 0 Å². The second-order valence-electron chi connectivity index (χ2n) is 5.16. The van der Waals surface area contributed by atoms with Crippen molar-refractivity contribution in [3.05, 3.63) is 30.1 Å². The maximum Gasteiger partial charge on any atom is 0.320 e. The van der Waals surface area contributed by atoms with Gasteiger partial charge in [0.15, 0.2) is 9.84 Å². The average molecular weight is 315 g/mol. The lowest BCUT2D eigenvalue weighted by atomic mass is 10.2. The lowest BCUT2D eigenvalue weighted by Crippen LogP contribution is -2.37. The monoisotopic (exact) mass is 315 g/mol. The minimum atomic E-state index is -3.45. The largest absolute Gasteiger partial charge is 0.480 e. The third kappa shape index (κ3) is 4.01. The van der Waals surface area contributed by atoms with Crippen LogP contribution in [0.3, 0.4) is 0 Å². The van der Waals surface area contributed by atoms with Crippen LogP contribution < -0.4 is 0 Å². The maximum atomic E-state index is 12.8. The molecule has 1 aromatic rings. The van der Waals surface area contributed by atoms with E-state index in [1.807, 2.05) is 4.90 Å². The summed E-state index contributed by atoms with van der Waals surface area (Å²) in [7, 11) is -3.45. The van der Waals surface area contributed by atoms with Gasteiger partial charge in [-0.2, -0.15) is 0 Å². The summed E-state index contributed by atoms with van der Waals surface area (Å²) >= 11 is 0. The molecular weight excluding hydrogens is 297 g/mol. The maximum absolute atomic E-state index is 12.8. The van der Waals surface area contributed by atoms with Crippen molar-refractivity contribution in [1.29, 1.82) is 0 Å². The first-order chi connectivity index (χ1) is 9.90. The number of halogens is 1. The number of rotatable bonds is 6. The number of benzene rings is 1. The average Bonchev–Trinajstić information content (AvgIpc) is 2.87. The lowest BCUT2D eigenvalue weighted by Gasteiger charge is -2.20. The van der Waals surface area contributed by atoms with Crippen LogP contribution in [-0.4, -0.2) is 49.3 Å². The fraction of sp³-hybridized carbons (Fsp3) is 0.500. The Bertz CT molecular complexity index is 600. The molecule has 116 valence electrons. The number of aliphatic carboxylic acids is 1. The predicted molar refractivity (Wildman–Crippen MR) is 75.3 cm³/mol. The van der Waals surface area contributed by atoms with Gasteiger partial charge in [-0.25, -0.2) is 12.8 Å². The van der Waals surface area contributed by atoms with Crippen LogP contribution in [0, 0.1) is 5.82 Å². The minimum absolute atomic E-state index is 0.0680. The first-order valence-electron chi connectivity index (χ1n) is 6.85. The predicted octanol–water partition coefficient (Wildman–Crippen LogP) is 1.54. The molecule has 0 aliphatic carbocycles. The molecule has 0 spiro atoms. The molecule has 1 aliphatic rings. The Kier molecular flexibility index (Phi) is 4.95.